The van der Waals surface area contributed by atoms with E-state index in [0.29, 0.717) is 0 Å². The van der Waals surface area contributed by atoms with Crippen LogP contribution in [0.2, 0.25) is 5.02 Å². The number of anilines is 1. The Balaban J connectivity index is 1.78. The van der Waals surface area contributed by atoms with E-state index in [9.17, 15) is 18.0 Å². The first-order valence-corrected chi connectivity index (χ1v) is 7.91. The molecule has 2 fully saturated rings. The average molecular weight is 348 g/mol. The molecule has 0 saturated carbocycles. The Bertz CT molecular complexity index is 594. The van der Waals surface area contributed by atoms with Gasteiger partial charge in [0.15, 0.2) is 0 Å². The van der Waals surface area contributed by atoms with Gasteiger partial charge >= 0.3 is 12.2 Å². The molecule has 4 nitrogen and oxygen atoms in total. The molecule has 2 saturated heterocycles. The fourth-order valence-electron chi connectivity index (χ4n) is 3.32. The van der Waals surface area contributed by atoms with E-state index in [2.05, 4.69) is 10.6 Å². The van der Waals surface area contributed by atoms with Crippen LogP contribution in [0.25, 0.3) is 0 Å². The summed E-state index contributed by atoms with van der Waals surface area (Å²) >= 11 is 5.59. The lowest BCUT2D eigenvalue weighted by Gasteiger charge is -2.28. The Morgan fingerprint density at radius 1 is 1.26 bits per heavy atom. The van der Waals surface area contributed by atoms with Crippen LogP contribution in [0, 0.1) is 0 Å². The van der Waals surface area contributed by atoms with Crippen LogP contribution in [0.4, 0.5) is 23.7 Å². The van der Waals surface area contributed by atoms with Crippen molar-refractivity contribution in [2.75, 3.05) is 18.4 Å². The predicted molar refractivity (Wildman–Crippen MR) is 81.6 cm³/mol. The summed E-state index contributed by atoms with van der Waals surface area (Å²) < 4.78 is 38.7. The van der Waals surface area contributed by atoms with E-state index in [0.717, 1.165) is 44.5 Å². The molecule has 2 bridgehead atoms. The smallest absolute Gasteiger partial charge is 0.317 e. The van der Waals surface area contributed by atoms with Crippen molar-refractivity contribution >= 4 is 23.3 Å². The molecule has 2 atom stereocenters. The Morgan fingerprint density at radius 2 is 2.00 bits per heavy atom. The summed E-state index contributed by atoms with van der Waals surface area (Å²) in [6.45, 7) is 1.57. The van der Waals surface area contributed by atoms with Gasteiger partial charge in [0.25, 0.3) is 0 Å². The third kappa shape index (κ3) is 3.40. The van der Waals surface area contributed by atoms with Gasteiger partial charge in [-0.25, -0.2) is 4.79 Å². The van der Waals surface area contributed by atoms with E-state index < -0.39 is 11.7 Å². The lowest BCUT2D eigenvalue weighted by molar-refractivity contribution is -0.137. The lowest BCUT2D eigenvalue weighted by Crippen LogP contribution is -2.44. The fraction of sp³-hybridized carbons (Fsp3) is 0.533. The van der Waals surface area contributed by atoms with Gasteiger partial charge in [-0.3, -0.25) is 0 Å². The zero-order valence-corrected chi connectivity index (χ0v) is 13.0. The maximum atomic E-state index is 12.9. The number of hydrogen-bond donors (Lipinski definition) is 2. The zero-order chi connectivity index (χ0) is 16.6. The topological polar surface area (TPSA) is 44.4 Å². The highest BCUT2D eigenvalue weighted by Crippen LogP contribution is 2.36. The zero-order valence-electron chi connectivity index (χ0n) is 12.3. The third-order valence-corrected chi connectivity index (χ3v) is 4.74. The quantitative estimate of drug-likeness (QED) is 0.813. The molecule has 8 heteroatoms. The van der Waals surface area contributed by atoms with E-state index in [-0.39, 0.29) is 28.8 Å². The fourth-order valence-corrected chi connectivity index (χ4v) is 3.55. The Labute approximate surface area is 137 Å². The second-order valence-corrected chi connectivity index (χ2v) is 6.31. The molecule has 23 heavy (non-hydrogen) atoms. The van der Waals surface area contributed by atoms with Crippen LogP contribution in [0.3, 0.4) is 0 Å². The molecular weight excluding hydrogens is 331 g/mol. The minimum atomic E-state index is -4.55. The standard InChI is InChI=1S/C15H17ClF3N3O/c16-13-4-1-9(7-12(13)15(17,18)19)21-14(23)22-10-2-3-11(22)8-20-6-5-10/h1,4,7,10-11,20H,2-3,5-6,8H2,(H,21,23)/t10-,11+/m0/s1. The molecule has 0 spiro atoms. The first kappa shape index (κ1) is 16.4. The monoisotopic (exact) mass is 347 g/mol. The summed E-state index contributed by atoms with van der Waals surface area (Å²) in [7, 11) is 0. The van der Waals surface area contributed by atoms with Crippen LogP contribution in [-0.4, -0.2) is 36.1 Å². The highest BCUT2D eigenvalue weighted by molar-refractivity contribution is 6.31. The molecule has 2 heterocycles. The van der Waals surface area contributed by atoms with Crippen LogP contribution in [-0.2, 0) is 6.18 Å². The molecule has 1 aromatic rings. The number of carbonyl (C=O) groups is 1. The first-order valence-electron chi connectivity index (χ1n) is 7.53. The summed E-state index contributed by atoms with van der Waals surface area (Å²) in [5, 5.41) is 5.48. The summed E-state index contributed by atoms with van der Waals surface area (Å²) in [4.78, 5) is 14.3. The van der Waals surface area contributed by atoms with Crippen LogP contribution in [0.5, 0.6) is 0 Å². The van der Waals surface area contributed by atoms with Gasteiger partial charge in [-0.15, -0.1) is 0 Å². The van der Waals surface area contributed by atoms with Crippen LogP contribution < -0.4 is 10.6 Å². The summed E-state index contributed by atoms with van der Waals surface area (Å²) in [6.07, 6.45) is -1.84. The highest BCUT2D eigenvalue weighted by atomic mass is 35.5. The first-order chi connectivity index (χ1) is 10.9. The minimum Gasteiger partial charge on any atom is -0.317 e. The molecule has 0 unspecified atom stereocenters. The number of alkyl halides is 3. The second kappa shape index (κ2) is 6.20. The molecule has 0 radical (unpaired) electrons. The Kier molecular flexibility index (Phi) is 4.42. The molecular formula is C15H17ClF3N3O. The number of benzene rings is 1. The maximum Gasteiger partial charge on any atom is 0.417 e. The van der Waals surface area contributed by atoms with E-state index in [4.69, 9.17) is 11.6 Å². The number of urea groups is 1. The maximum absolute atomic E-state index is 12.9. The lowest BCUT2D eigenvalue weighted by atomic mass is 10.1. The van der Waals surface area contributed by atoms with E-state index >= 15 is 0 Å². The van der Waals surface area contributed by atoms with Gasteiger partial charge in [0.05, 0.1) is 10.6 Å². The van der Waals surface area contributed by atoms with Gasteiger partial charge in [0.1, 0.15) is 0 Å². The molecule has 126 valence electrons. The van der Waals surface area contributed by atoms with E-state index in [1.54, 1.807) is 4.90 Å². The SMILES string of the molecule is O=C(Nc1ccc(Cl)c(C(F)(F)F)c1)N1[C@@H]2CCNC[C@H]1CC2. The van der Waals surface area contributed by atoms with Gasteiger partial charge < -0.3 is 15.5 Å². The van der Waals surface area contributed by atoms with Crippen LogP contribution in [0.15, 0.2) is 18.2 Å². The Morgan fingerprint density at radius 3 is 2.74 bits per heavy atom. The summed E-state index contributed by atoms with van der Waals surface area (Å²) in [6, 6.07) is 3.29. The van der Waals surface area contributed by atoms with Crippen molar-refractivity contribution in [2.24, 2.45) is 0 Å². The van der Waals surface area contributed by atoms with E-state index in [1.807, 2.05) is 0 Å². The summed E-state index contributed by atoms with van der Waals surface area (Å²) in [5.41, 5.74) is -0.846. The Hall–Kier alpha value is -1.47. The van der Waals surface area contributed by atoms with Gasteiger partial charge in [0, 0.05) is 24.3 Å². The number of rotatable bonds is 1. The number of carbonyl (C=O) groups excluding carboxylic acids is 1. The van der Waals surface area contributed by atoms with Crippen molar-refractivity contribution in [3.63, 3.8) is 0 Å². The molecule has 2 N–H and O–H groups in total. The number of nitrogens with one attached hydrogen (secondary N) is 2. The van der Waals surface area contributed by atoms with Gasteiger partial charge in [-0.05, 0) is 44.0 Å². The molecule has 2 aliphatic heterocycles. The number of fused-ring (bicyclic) bond motifs is 2. The normalized spacial score (nSPS) is 24.4. The molecule has 3 rings (SSSR count). The van der Waals surface area contributed by atoms with Crippen molar-refractivity contribution in [1.29, 1.82) is 0 Å². The van der Waals surface area contributed by atoms with Crippen LogP contribution >= 0.6 is 11.6 Å². The average Bonchev–Trinajstić information content (AvgIpc) is 2.73. The molecule has 2 amide bonds. The number of hydrogen-bond acceptors (Lipinski definition) is 2. The van der Waals surface area contributed by atoms with Gasteiger partial charge in [0.2, 0.25) is 0 Å². The molecule has 2 aliphatic rings. The van der Waals surface area contributed by atoms with Crippen molar-refractivity contribution in [3.8, 4) is 0 Å². The molecule has 0 aromatic heterocycles. The number of nitrogens with zero attached hydrogens (tertiary/aromatic N) is 1. The van der Waals surface area contributed by atoms with Crippen molar-refractivity contribution in [3.05, 3.63) is 28.8 Å². The minimum absolute atomic E-state index is 0.0943. The highest BCUT2D eigenvalue weighted by Gasteiger charge is 2.38. The van der Waals surface area contributed by atoms with E-state index in [1.165, 1.54) is 6.07 Å². The van der Waals surface area contributed by atoms with Crippen molar-refractivity contribution in [1.82, 2.24) is 10.2 Å². The largest absolute Gasteiger partial charge is 0.417 e. The van der Waals surface area contributed by atoms with Crippen LogP contribution in [0.1, 0.15) is 24.8 Å². The van der Waals surface area contributed by atoms with Gasteiger partial charge in [-0.1, -0.05) is 11.6 Å². The van der Waals surface area contributed by atoms with Crippen molar-refractivity contribution in [2.45, 2.75) is 37.5 Å². The van der Waals surface area contributed by atoms with Crippen molar-refractivity contribution < 1.29 is 18.0 Å². The molecule has 1 aromatic carbocycles. The molecule has 0 aliphatic carbocycles. The summed E-state index contributed by atoms with van der Waals surface area (Å²) in [5.74, 6) is 0. The predicted octanol–water partition coefficient (Wildman–Crippen LogP) is 3.72. The number of halogens is 4. The van der Waals surface area contributed by atoms with Gasteiger partial charge in [-0.2, -0.15) is 13.2 Å². The second-order valence-electron chi connectivity index (χ2n) is 5.91. The third-order valence-electron chi connectivity index (χ3n) is 4.41. The number of amides is 2.